The van der Waals surface area contributed by atoms with E-state index in [1.165, 1.54) is 12.1 Å². The number of rotatable bonds is 3. The SMILES string of the molecule is O=C(NCc1nc2ccccc2s1)c1ccc(Cl)nn1. The molecule has 0 saturated heterocycles. The quantitative estimate of drug-likeness (QED) is 0.808. The lowest BCUT2D eigenvalue weighted by atomic mass is 10.3. The lowest BCUT2D eigenvalue weighted by Crippen LogP contribution is -2.23. The predicted molar refractivity (Wildman–Crippen MR) is 77.8 cm³/mol. The first-order chi connectivity index (χ1) is 9.72. The molecule has 3 aromatic rings. The number of hydrogen-bond donors (Lipinski definition) is 1. The minimum atomic E-state index is -0.298. The van der Waals surface area contributed by atoms with Gasteiger partial charge in [-0.1, -0.05) is 23.7 Å². The highest BCUT2D eigenvalue weighted by molar-refractivity contribution is 7.18. The van der Waals surface area contributed by atoms with Gasteiger partial charge in [0.2, 0.25) is 0 Å². The Bertz CT molecular complexity index is 723. The Labute approximate surface area is 123 Å². The van der Waals surface area contributed by atoms with E-state index >= 15 is 0 Å². The van der Waals surface area contributed by atoms with Gasteiger partial charge >= 0.3 is 0 Å². The maximum atomic E-state index is 11.9. The van der Waals surface area contributed by atoms with Crippen molar-refractivity contribution in [3.63, 3.8) is 0 Å². The van der Waals surface area contributed by atoms with Crippen LogP contribution in [0, 0.1) is 0 Å². The van der Waals surface area contributed by atoms with Crippen LogP contribution in [0.2, 0.25) is 5.15 Å². The van der Waals surface area contributed by atoms with E-state index < -0.39 is 0 Å². The molecule has 1 amide bonds. The summed E-state index contributed by atoms with van der Waals surface area (Å²) in [5, 5.41) is 11.2. The molecule has 2 heterocycles. The Kier molecular flexibility index (Phi) is 3.58. The van der Waals surface area contributed by atoms with E-state index in [1.54, 1.807) is 11.3 Å². The smallest absolute Gasteiger partial charge is 0.272 e. The number of amides is 1. The fourth-order valence-corrected chi connectivity index (χ4v) is 2.69. The molecule has 0 radical (unpaired) electrons. The van der Waals surface area contributed by atoms with Gasteiger partial charge in [0.05, 0.1) is 16.8 Å². The van der Waals surface area contributed by atoms with Crippen LogP contribution in [-0.4, -0.2) is 21.1 Å². The number of carbonyl (C=O) groups excluding carboxylic acids is 1. The molecule has 5 nitrogen and oxygen atoms in total. The number of hydrogen-bond acceptors (Lipinski definition) is 5. The van der Waals surface area contributed by atoms with Crippen molar-refractivity contribution in [3.8, 4) is 0 Å². The molecule has 0 saturated carbocycles. The monoisotopic (exact) mass is 304 g/mol. The summed E-state index contributed by atoms with van der Waals surface area (Å²) in [6, 6.07) is 10.9. The van der Waals surface area contributed by atoms with Gasteiger partial charge in [0.15, 0.2) is 10.8 Å². The van der Waals surface area contributed by atoms with Crippen molar-refractivity contribution >= 4 is 39.1 Å². The molecule has 0 bridgehead atoms. The Morgan fingerprint density at radius 3 is 2.80 bits per heavy atom. The fraction of sp³-hybridized carbons (Fsp3) is 0.0769. The molecule has 0 atom stereocenters. The van der Waals surface area contributed by atoms with Crippen LogP contribution in [0.5, 0.6) is 0 Å². The third kappa shape index (κ3) is 2.76. The number of thiazole rings is 1. The molecule has 1 N–H and O–H groups in total. The Hall–Kier alpha value is -2.05. The van der Waals surface area contributed by atoms with E-state index in [1.807, 2.05) is 24.3 Å². The van der Waals surface area contributed by atoms with Crippen LogP contribution in [0.15, 0.2) is 36.4 Å². The van der Waals surface area contributed by atoms with Crippen LogP contribution >= 0.6 is 22.9 Å². The lowest BCUT2D eigenvalue weighted by molar-refractivity contribution is 0.0945. The second-order valence-electron chi connectivity index (χ2n) is 4.00. The number of fused-ring (bicyclic) bond motifs is 1. The molecule has 0 spiro atoms. The van der Waals surface area contributed by atoms with Crippen molar-refractivity contribution in [2.24, 2.45) is 0 Å². The number of aromatic nitrogens is 3. The fourth-order valence-electron chi connectivity index (χ4n) is 1.68. The third-order valence-corrected chi connectivity index (χ3v) is 3.84. The van der Waals surface area contributed by atoms with Crippen molar-refractivity contribution in [2.45, 2.75) is 6.54 Å². The molecular weight excluding hydrogens is 296 g/mol. The number of carbonyl (C=O) groups is 1. The zero-order valence-electron chi connectivity index (χ0n) is 10.2. The van der Waals surface area contributed by atoms with E-state index in [-0.39, 0.29) is 16.8 Å². The number of para-hydroxylation sites is 1. The number of halogens is 1. The standard InChI is InChI=1S/C13H9ClN4OS/c14-11-6-5-9(17-18-11)13(19)15-7-12-16-8-3-1-2-4-10(8)20-12/h1-6H,7H2,(H,15,19). The van der Waals surface area contributed by atoms with Crippen LogP contribution in [0.1, 0.15) is 15.5 Å². The van der Waals surface area contributed by atoms with Crippen molar-refractivity contribution in [1.82, 2.24) is 20.5 Å². The first-order valence-corrected chi connectivity index (χ1v) is 7.04. The van der Waals surface area contributed by atoms with Crippen LogP contribution in [0.25, 0.3) is 10.2 Å². The summed E-state index contributed by atoms with van der Waals surface area (Å²) in [5.41, 5.74) is 1.17. The highest BCUT2D eigenvalue weighted by Gasteiger charge is 2.09. The van der Waals surface area contributed by atoms with Crippen molar-refractivity contribution in [3.05, 3.63) is 52.3 Å². The van der Waals surface area contributed by atoms with Crippen LogP contribution < -0.4 is 5.32 Å². The van der Waals surface area contributed by atoms with Crippen LogP contribution in [-0.2, 0) is 6.54 Å². The summed E-state index contributed by atoms with van der Waals surface area (Å²) in [4.78, 5) is 16.3. The van der Waals surface area contributed by atoms with Crippen LogP contribution in [0.3, 0.4) is 0 Å². The average molecular weight is 305 g/mol. The van der Waals surface area contributed by atoms with Gasteiger partial charge in [-0.05, 0) is 24.3 Å². The maximum absolute atomic E-state index is 11.9. The Morgan fingerprint density at radius 1 is 1.20 bits per heavy atom. The molecule has 2 aromatic heterocycles. The summed E-state index contributed by atoms with van der Waals surface area (Å²) >= 11 is 7.17. The predicted octanol–water partition coefficient (Wildman–Crippen LogP) is 2.67. The van der Waals surface area contributed by atoms with Crippen molar-refractivity contribution in [2.75, 3.05) is 0 Å². The van der Waals surface area contributed by atoms with Gasteiger partial charge in [0.1, 0.15) is 5.01 Å². The Morgan fingerprint density at radius 2 is 2.05 bits per heavy atom. The van der Waals surface area contributed by atoms with Crippen LogP contribution in [0.4, 0.5) is 0 Å². The number of nitrogens with one attached hydrogen (secondary N) is 1. The second-order valence-corrected chi connectivity index (χ2v) is 5.50. The summed E-state index contributed by atoms with van der Waals surface area (Å²) in [6.07, 6.45) is 0. The first kappa shape index (κ1) is 13.0. The van der Waals surface area contributed by atoms with Crippen molar-refractivity contribution in [1.29, 1.82) is 0 Å². The zero-order chi connectivity index (χ0) is 13.9. The van der Waals surface area contributed by atoms with Gasteiger partial charge in [-0.15, -0.1) is 21.5 Å². The highest BCUT2D eigenvalue weighted by Crippen LogP contribution is 2.21. The molecule has 0 aliphatic heterocycles. The van der Waals surface area contributed by atoms with Gasteiger partial charge in [-0.3, -0.25) is 4.79 Å². The molecule has 1 aromatic carbocycles. The van der Waals surface area contributed by atoms with Crippen molar-refractivity contribution < 1.29 is 4.79 Å². The minimum absolute atomic E-state index is 0.232. The van der Waals surface area contributed by atoms with E-state index in [0.29, 0.717) is 6.54 Å². The van der Waals surface area contributed by atoms with Gasteiger partial charge < -0.3 is 5.32 Å². The summed E-state index contributed by atoms with van der Waals surface area (Å²) in [5.74, 6) is -0.298. The van der Waals surface area contributed by atoms with E-state index in [0.717, 1.165) is 15.2 Å². The largest absolute Gasteiger partial charge is 0.344 e. The molecule has 0 unspecified atom stereocenters. The normalized spacial score (nSPS) is 10.7. The van der Waals surface area contributed by atoms with Gasteiger partial charge in [-0.25, -0.2) is 4.98 Å². The number of nitrogens with zero attached hydrogens (tertiary/aromatic N) is 3. The maximum Gasteiger partial charge on any atom is 0.272 e. The van der Waals surface area contributed by atoms with E-state index in [4.69, 9.17) is 11.6 Å². The van der Waals surface area contributed by atoms with E-state index in [2.05, 4.69) is 20.5 Å². The highest BCUT2D eigenvalue weighted by atomic mass is 35.5. The van der Waals surface area contributed by atoms with Gasteiger partial charge in [-0.2, -0.15) is 0 Å². The molecule has 0 aliphatic rings. The molecule has 0 fully saturated rings. The molecule has 20 heavy (non-hydrogen) atoms. The van der Waals surface area contributed by atoms with Gasteiger partial charge in [0, 0.05) is 0 Å². The molecular formula is C13H9ClN4OS. The summed E-state index contributed by atoms with van der Waals surface area (Å²) < 4.78 is 1.10. The van der Waals surface area contributed by atoms with Gasteiger partial charge in [0.25, 0.3) is 5.91 Å². The lowest BCUT2D eigenvalue weighted by Gasteiger charge is -2.01. The summed E-state index contributed by atoms with van der Waals surface area (Å²) in [6.45, 7) is 0.364. The number of benzene rings is 1. The minimum Gasteiger partial charge on any atom is -0.344 e. The third-order valence-electron chi connectivity index (χ3n) is 2.60. The molecule has 100 valence electrons. The molecule has 0 aliphatic carbocycles. The zero-order valence-corrected chi connectivity index (χ0v) is 11.8. The summed E-state index contributed by atoms with van der Waals surface area (Å²) in [7, 11) is 0. The first-order valence-electron chi connectivity index (χ1n) is 5.84. The van der Waals surface area contributed by atoms with E-state index in [9.17, 15) is 4.79 Å². The molecule has 7 heteroatoms. The second kappa shape index (κ2) is 5.52. The Balaban J connectivity index is 1.69. The topological polar surface area (TPSA) is 67.8 Å². The average Bonchev–Trinajstić information content (AvgIpc) is 2.88. The molecule has 3 rings (SSSR count).